The van der Waals surface area contributed by atoms with Gasteiger partial charge in [0.25, 0.3) is 0 Å². The Hall–Kier alpha value is -9.80. The molecule has 0 bridgehead atoms. The number of hydrogen-bond donors (Lipinski definition) is 0. The van der Waals surface area contributed by atoms with Gasteiger partial charge >= 0.3 is 0 Å². The minimum Gasteiger partial charge on any atom is -0.308 e. The van der Waals surface area contributed by atoms with Crippen molar-refractivity contribution in [2.24, 2.45) is 0 Å². The summed E-state index contributed by atoms with van der Waals surface area (Å²) in [4.78, 5) is 5.23. The third-order valence-corrected chi connectivity index (χ3v) is 13.0. The molecule has 3 aromatic heterocycles. The molecule has 68 heavy (non-hydrogen) atoms. The zero-order valence-corrected chi connectivity index (χ0v) is 36.5. The van der Waals surface area contributed by atoms with Crippen molar-refractivity contribution in [1.29, 1.82) is 15.8 Å². The second-order valence-electron chi connectivity index (χ2n) is 16.9. The van der Waals surface area contributed by atoms with Gasteiger partial charge in [-0.15, -0.1) is 0 Å². The van der Waals surface area contributed by atoms with Gasteiger partial charge in [0.1, 0.15) is 11.6 Å². The Morgan fingerprint density at radius 1 is 0.294 bits per heavy atom. The zero-order chi connectivity index (χ0) is 45.7. The van der Waals surface area contributed by atoms with Crippen molar-refractivity contribution in [2.75, 3.05) is 0 Å². The van der Waals surface area contributed by atoms with Crippen LogP contribution in [0.5, 0.6) is 0 Å². The van der Waals surface area contributed by atoms with Gasteiger partial charge in [-0.2, -0.15) is 15.8 Å². The first kappa shape index (κ1) is 39.8. The molecule has 12 rings (SSSR count). The Balaban J connectivity index is 1.17. The van der Waals surface area contributed by atoms with Gasteiger partial charge in [0, 0.05) is 32.7 Å². The molecule has 0 N–H and O–H groups in total. The highest BCUT2D eigenvalue weighted by molar-refractivity contribution is 6.12. The minimum atomic E-state index is 0.520. The fourth-order valence-electron chi connectivity index (χ4n) is 9.76. The molecule has 0 unspecified atom stereocenters. The zero-order valence-electron chi connectivity index (χ0n) is 36.5. The Kier molecular flexibility index (Phi) is 9.55. The monoisotopic (exact) mass is 864 g/mol. The highest BCUT2D eigenvalue weighted by Crippen LogP contribution is 2.43. The number of aromatic nitrogens is 3. The minimum absolute atomic E-state index is 0.520. The summed E-state index contributed by atoms with van der Waals surface area (Å²) in [6.07, 6.45) is 0. The maximum atomic E-state index is 11.7. The first-order valence-corrected chi connectivity index (χ1v) is 22.4. The maximum Gasteiger partial charge on any atom is 0.104 e. The summed E-state index contributed by atoms with van der Waals surface area (Å²) in [7, 11) is 0. The van der Waals surface area contributed by atoms with Gasteiger partial charge < -0.3 is 9.13 Å². The number of para-hydroxylation sites is 2. The van der Waals surface area contributed by atoms with E-state index in [1.807, 2.05) is 84.9 Å². The SMILES string of the molecule is N#Cc1ccc(-c2ccc3c(c2)c2ccccc2n3-c2cc(-c3cc(-c4ccccc4)nc(-c4ccccc4)c3)cc(-n3c4ccccc4c4cc(-c5ccc(C#N)cc5)ccc43)c2C#N)cc1. The van der Waals surface area contributed by atoms with Crippen LogP contribution in [0.15, 0.2) is 218 Å². The van der Waals surface area contributed by atoms with Crippen molar-refractivity contribution in [3.63, 3.8) is 0 Å². The molecule has 0 saturated heterocycles. The molecule has 6 heteroatoms. The summed E-state index contributed by atoms with van der Waals surface area (Å²) in [5.41, 5.74) is 16.8. The summed E-state index contributed by atoms with van der Waals surface area (Å²) >= 11 is 0. The average Bonchev–Trinajstić information content (AvgIpc) is 3.93. The lowest BCUT2D eigenvalue weighted by atomic mass is 9.97. The smallest absolute Gasteiger partial charge is 0.104 e. The van der Waals surface area contributed by atoms with E-state index in [0.717, 1.165) is 111 Å². The summed E-state index contributed by atoms with van der Waals surface area (Å²) in [5, 5.41) is 34.9. The number of fused-ring (bicyclic) bond motifs is 6. The average molecular weight is 865 g/mol. The van der Waals surface area contributed by atoms with E-state index in [1.165, 1.54) is 0 Å². The topological polar surface area (TPSA) is 94.1 Å². The lowest BCUT2D eigenvalue weighted by Crippen LogP contribution is -2.05. The fraction of sp³-hybridized carbons (Fsp3) is 0. The van der Waals surface area contributed by atoms with Crippen molar-refractivity contribution in [3.05, 3.63) is 235 Å². The van der Waals surface area contributed by atoms with Crippen LogP contribution in [-0.4, -0.2) is 14.1 Å². The van der Waals surface area contributed by atoms with Crippen LogP contribution in [0.25, 0.3) is 111 Å². The summed E-state index contributed by atoms with van der Waals surface area (Å²) in [6, 6.07) is 81.5. The second kappa shape index (κ2) is 16.3. The molecular formula is C62H36N6. The van der Waals surface area contributed by atoms with Crippen molar-refractivity contribution in [1.82, 2.24) is 14.1 Å². The van der Waals surface area contributed by atoms with Crippen LogP contribution in [0.4, 0.5) is 0 Å². The van der Waals surface area contributed by atoms with Gasteiger partial charge in [-0.3, -0.25) is 0 Å². The molecule has 9 aromatic carbocycles. The Labute approximate surface area is 392 Å². The Morgan fingerprint density at radius 2 is 0.676 bits per heavy atom. The normalized spacial score (nSPS) is 11.2. The van der Waals surface area contributed by atoms with Crippen molar-refractivity contribution in [2.45, 2.75) is 0 Å². The summed E-state index contributed by atoms with van der Waals surface area (Å²) in [5.74, 6) is 0. The lowest BCUT2D eigenvalue weighted by Gasteiger charge is -2.19. The maximum absolute atomic E-state index is 11.7. The van der Waals surface area contributed by atoms with Gasteiger partial charge in [-0.1, -0.05) is 133 Å². The van der Waals surface area contributed by atoms with Crippen LogP contribution in [0.2, 0.25) is 0 Å². The largest absolute Gasteiger partial charge is 0.308 e. The fourth-order valence-corrected chi connectivity index (χ4v) is 9.76. The Bertz CT molecular complexity index is 3830. The van der Waals surface area contributed by atoms with E-state index < -0.39 is 0 Å². The molecule has 0 aliphatic heterocycles. The van der Waals surface area contributed by atoms with Crippen LogP contribution in [0.3, 0.4) is 0 Å². The molecule has 6 nitrogen and oxygen atoms in total. The van der Waals surface area contributed by atoms with E-state index in [9.17, 15) is 15.8 Å². The number of rotatable bonds is 7. The van der Waals surface area contributed by atoms with E-state index in [2.05, 4.69) is 161 Å². The number of nitriles is 3. The van der Waals surface area contributed by atoms with Crippen molar-refractivity contribution < 1.29 is 0 Å². The first-order valence-electron chi connectivity index (χ1n) is 22.4. The summed E-state index contributed by atoms with van der Waals surface area (Å²) < 4.78 is 4.49. The molecule has 0 spiro atoms. The van der Waals surface area contributed by atoms with E-state index in [-0.39, 0.29) is 0 Å². The van der Waals surface area contributed by atoms with Crippen LogP contribution in [0, 0.1) is 34.0 Å². The van der Waals surface area contributed by atoms with Crippen LogP contribution in [0.1, 0.15) is 16.7 Å². The van der Waals surface area contributed by atoms with Crippen LogP contribution in [-0.2, 0) is 0 Å². The molecule has 12 aromatic rings. The molecule has 0 aliphatic carbocycles. The third kappa shape index (κ3) is 6.67. The molecule has 0 amide bonds. The van der Waals surface area contributed by atoms with Crippen LogP contribution < -0.4 is 0 Å². The number of pyridine rings is 1. The predicted molar refractivity (Wildman–Crippen MR) is 274 cm³/mol. The van der Waals surface area contributed by atoms with Crippen LogP contribution >= 0.6 is 0 Å². The second-order valence-corrected chi connectivity index (χ2v) is 16.9. The summed E-state index contributed by atoms with van der Waals surface area (Å²) in [6.45, 7) is 0. The number of benzene rings is 9. The van der Waals surface area contributed by atoms with Gasteiger partial charge in [0.15, 0.2) is 0 Å². The molecular weight excluding hydrogens is 829 g/mol. The standard InChI is InChI=1S/C62H36N6/c63-37-40-19-23-42(24-20-40)46-27-29-59-52(31-46)50-15-7-9-17-57(50)67(59)61-35-49(48-33-55(44-11-3-1-4-12-44)66-56(34-48)45-13-5-2-6-14-45)36-62(54(61)39-65)68-58-18-10-8-16-51(58)53-32-47(28-30-60(53)68)43-25-21-41(38-64)22-26-43/h1-36H. The third-order valence-electron chi connectivity index (χ3n) is 13.0. The molecule has 314 valence electrons. The van der Waals surface area contributed by atoms with Gasteiger partial charge in [0.2, 0.25) is 0 Å². The first-order chi connectivity index (χ1) is 33.6. The van der Waals surface area contributed by atoms with E-state index >= 15 is 0 Å². The molecule has 0 fully saturated rings. The van der Waals surface area contributed by atoms with Gasteiger partial charge in [-0.25, -0.2) is 4.98 Å². The van der Waals surface area contributed by atoms with Gasteiger partial charge in [0.05, 0.1) is 68.1 Å². The van der Waals surface area contributed by atoms with Crippen molar-refractivity contribution in [3.8, 4) is 85.5 Å². The van der Waals surface area contributed by atoms with Gasteiger partial charge in [-0.05, 0) is 118 Å². The quantitative estimate of drug-likeness (QED) is 0.159. The van der Waals surface area contributed by atoms with E-state index in [4.69, 9.17) is 4.98 Å². The highest BCUT2D eigenvalue weighted by Gasteiger charge is 2.24. The van der Waals surface area contributed by atoms with E-state index in [1.54, 1.807) is 0 Å². The molecule has 0 saturated carbocycles. The molecule has 0 aliphatic rings. The highest BCUT2D eigenvalue weighted by atomic mass is 15.0. The molecule has 0 radical (unpaired) electrons. The number of nitrogens with zero attached hydrogens (tertiary/aromatic N) is 6. The van der Waals surface area contributed by atoms with E-state index in [0.29, 0.717) is 16.7 Å². The lowest BCUT2D eigenvalue weighted by molar-refractivity contribution is 1.12. The number of hydrogen-bond acceptors (Lipinski definition) is 4. The van der Waals surface area contributed by atoms with Crippen molar-refractivity contribution >= 4 is 43.6 Å². The molecule has 0 atom stereocenters. The Morgan fingerprint density at radius 3 is 1.10 bits per heavy atom. The molecule has 3 heterocycles. The predicted octanol–water partition coefficient (Wildman–Crippen LogP) is 15.2.